The van der Waals surface area contributed by atoms with E-state index in [1.165, 1.54) is 11.8 Å². The predicted molar refractivity (Wildman–Crippen MR) is 87.6 cm³/mol. The number of hydrogen-bond donors (Lipinski definition) is 1. The molecule has 1 saturated heterocycles. The largest absolute Gasteiger partial charge is 0.391 e. The van der Waals surface area contributed by atoms with Crippen molar-refractivity contribution in [2.24, 2.45) is 0 Å². The van der Waals surface area contributed by atoms with Crippen molar-refractivity contribution >= 4 is 21.6 Å². The Morgan fingerprint density at radius 1 is 1.17 bits per heavy atom. The van der Waals surface area contributed by atoms with E-state index in [1.54, 1.807) is 0 Å². The summed E-state index contributed by atoms with van der Waals surface area (Å²) in [5.74, 6) is 1.17. The predicted octanol–water partition coefficient (Wildman–Crippen LogP) is 1.39. The number of hydrogen-bond acceptors (Lipinski definition) is 6. The van der Waals surface area contributed by atoms with Crippen LogP contribution in [0.1, 0.15) is 24.6 Å². The maximum absolute atomic E-state index is 11.6. The molecule has 0 radical (unpaired) electrons. The summed E-state index contributed by atoms with van der Waals surface area (Å²) in [6, 6.07) is 9.81. The summed E-state index contributed by atoms with van der Waals surface area (Å²) in [5.41, 5.74) is 0.952. The molecule has 2 aromatic rings. The molecule has 8 heteroatoms. The highest BCUT2D eigenvalue weighted by atomic mass is 32.2. The van der Waals surface area contributed by atoms with Crippen LogP contribution in [-0.2, 0) is 9.84 Å². The fourth-order valence-corrected chi connectivity index (χ4v) is 6.19. The third-order valence-corrected chi connectivity index (χ3v) is 7.18. The molecule has 23 heavy (non-hydrogen) atoms. The Kier molecular flexibility index (Phi) is 3.70. The minimum atomic E-state index is -3.16. The highest BCUT2D eigenvalue weighted by molar-refractivity contribution is 8.01. The molecule has 1 aliphatic heterocycles. The van der Waals surface area contributed by atoms with Crippen LogP contribution in [0.5, 0.6) is 0 Å². The van der Waals surface area contributed by atoms with Crippen molar-refractivity contribution < 1.29 is 13.5 Å². The number of benzene rings is 1. The van der Waals surface area contributed by atoms with Gasteiger partial charge in [0.25, 0.3) is 0 Å². The number of aliphatic hydroxyl groups is 1. The number of thioether (sulfide) groups is 1. The van der Waals surface area contributed by atoms with E-state index in [2.05, 4.69) is 10.1 Å². The first-order chi connectivity index (χ1) is 11.0. The molecule has 1 aliphatic carbocycles. The van der Waals surface area contributed by atoms with Gasteiger partial charge in [-0.3, -0.25) is 0 Å². The summed E-state index contributed by atoms with van der Waals surface area (Å²) in [6.45, 7) is 0. The highest BCUT2D eigenvalue weighted by Crippen LogP contribution is 2.41. The second-order valence-corrected chi connectivity index (χ2v) is 9.43. The summed E-state index contributed by atoms with van der Waals surface area (Å²) in [6.07, 6.45) is 1.37. The fourth-order valence-electron chi connectivity index (χ4n) is 2.76. The second kappa shape index (κ2) is 5.61. The molecule has 0 spiro atoms. The van der Waals surface area contributed by atoms with E-state index < -0.39 is 21.2 Å². The van der Waals surface area contributed by atoms with Crippen LogP contribution >= 0.6 is 11.8 Å². The molecule has 0 amide bonds. The minimum absolute atomic E-state index is 0.0164. The van der Waals surface area contributed by atoms with E-state index >= 15 is 0 Å². The second-order valence-electron chi connectivity index (χ2n) is 6.07. The molecule has 2 aliphatic rings. The molecule has 122 valence electrons. The van der Waals surface area contributed by atoms with Gasteiger partial charge in [-0.25, -0.2) is 18.1 Å². The van der Waals surface area contributed by atoms with Crippen LogP contribution in [0.2, 0.25) is 0 Å². The average molecular weight is 351 g/mol. The Hall–Kier alpha value is -1.38. The van der Waals surface area contributed by atoms with Crippen LogP contribution in [0.4, 0.5) is 0 Å². The van der Waals surface area contributed by atoms with Gasteiger partial charge in [-0.2, -0.15) is 0 Å². The first-order valence-corrected chi connectivity index (χ1v) is 10.3. The van der Waals surface area contributed by atoms with Crippen LogP contribution in [0.15, 0.2) is 35.5 Å². The zero-order valence-electron chi connectivity index (χ0n) is 12.4. The van der Waals surface area contributed by atoms with Crippen LogP contribution in [-0.4, -0.2) is 51.1 Å². The molecular formula is C15H17N3O3S2. The van der Waals surface area contributed by atoms with Crippen molar-refractivity contribution in [3.8, 4) is 5.69 Å². The Labute approximate surface area is 138 Å². The monoisotopic (exact) mass is 351 g/mol. The highest BCUT2D eigenvalue weighted by Gasteiger charge is 2.38. The molecule has 1 aromatic carbocycles. The van der Waals surface area contributed by atoms with E-state index in [-0.39, 0.29) is 11.5 Å². The summed E-state index contributed by atoms with van der Waals surface area (Å²) in [5, 5.41) is 14.6. The number of rotatable bonds is 4. The number of nitrogens with zero attached hydrogens (tertiary/aromatic N) is 3. The average Bonchev–Trinajstić information content (AvgIpc) is 3.21. The first kappa shape index (κ1) is 15.2. The van der Waals surface area contributed by atoms with Crippen molar-refractivity contribution in [1.29, 1.82) is 0 Å². The van der Waals surface area contributed by atoms with Crippen molar-refractivity contribution in [3.05, 3.63) is 36.2 Å². The zero-order chi connectivity index (χ0) is 16.0. The van der Waals surface area contributed by atoms with E-state index in [0.717, 1.165) is 24.4 Å². The maximum atomic E-state index is 11.6. The van der Waals surface area contributed by atoms with Crippen LogP contribution in [0, 0.1) is 0 Å². The number of para-hydroxylation sites is 1. The van der Waals surface area contributed by atoms with E-state index in [9.17, 15) is 13.5 Å². The Balaban J connectivity index is 1.63. The smallest absolute Gasteiger partial charge is 0.209 e. The minimum Gasteiger partial charge on any atom is -0.391 e. The topological polar surface area (TPSA) is 85.1 Å². The molecule has 6 nitrogen and oxygen atoms in total. The van der Waals surface area contributed by atoms with Gasteiger partial charge in [0.2, 0.25) is 5.16 Å². The summed E-state index contributed by atoms with van der Waals surface area (Å²) in [4.78, 5) is 4.60. The van der Waals surface area contributed by atoms with Crippen molar-refractivity contribution in [2.75, 3.05) is 11.5 Å². The van der Waals surface area contributed by atoms with Gasteiger partial charge in [-0.15, -0.1) is 5.10 Å². The molecule has 4 rings (SSSR count). The van der Waals surface area contributed by atoms with Gasteiger partial charge < -0.3 is 5.11 Å². The number of aliphatic hydroxyl groups excluding tert-OH is 1. The van der Waals surface area contributed by atoms with Crippen molar-refractivity contribution in [3.63, 3.8) is 0 Å². The Morgan fingerprint density at radius 3 is 2.52 bits per heavy atom. The Bertz CT molecular complexity index is 816. The third kappa shape index (κ3) is 3.15. The van der Waals surface area contributed by atoms with Crippen molar-refractivity contribution in [2.45, 2.75) is 35.3 Å². The Morgan fingerprint density at radius 2 is 1.91 bits per heavy atom. The maximum Gasteiger partial charge on any atom is 0.209 e. The van der Waals surface area contributed by atoms with Gasteiger partial charge in [-0.1, -0.05) is 30.0 Å². The first-order valence-electron chi connectivity index (χ1n) is 7.59. The van der Waals surface area contributed by atoms with Crippen LogP contribution in [0.3, 0.4) is 0 Å². The quantitative estimate of drug-likeness (QED) is 0.896. The van der Waals surface area contributed by atoms with Crippen molar-refractivity contribution in [1.82, 2.24) is 14.8 Å². The SMILES string of the molecule is O=S1(=O)C[C@@H](O)[C@H](Sc2nc(C3CC3)n(-c3ccccc3)n2)C1. The lowest BCUT2D eigenvalue weighted by molar-refractivity contribution is 0.207. The summed E-state index contributed by atoms with van der Waals surface area (Å²) >= 11 is 1.26. The summed E-state index contributed by atoms with van der Waals surface area (Å²) in [7, 11) is -3.16. The van der Waals surface area contributed by atoms with E-state index in [0.29, 0.717) is 11.1 Å². The zero-order valence-corrected chi connectivity index (χ0v) is 14.0. The van der Waals surface area contributed by atoms with Crippen LogP contribution in [0.25, 0.3) is 5.69 Å². The van der Waals surface area contributed by atoms with E-state index in [1.807, 2.05) is 35.0 Å². The van der Waals surface area contributed by atoms with Gasteiger partial charge >= 0.3 is 0 Å². The molecule has 1 N–H and O–H groups in total. The molecule has 0 unspecified atom stereocenters. The fraction of sp³-hybridized carbons (Fsp3) is 0.467. The molecule has 2 heterocycles. The molecule has 2 atom stereocenters. The van der Waals surface area contributed by atoms with Crippen LogP contribution < -0.4 is 0 Å². The lowest BCUT2D eigenvalue weighted by Crippen LogP contribution is -2.20. The lowest BCUT2D eigenvalue weighted by atomic mass is 10.3. The number of sulfone groups is 1. The molecule has 0 bridgehead atoms. The molecule has 2 fully saturated rings. The lowest BCUT2D eigenvalue weighted by Gasteiger charge is -2.08. The van der Waals surface area contributed by atoms with Gasteiger partial charge in [0.1, 0.15) is 5.82 Å². The number of aromatic nitrogens is 3. The standard InChI is InChI=1S/C15H17N3O3S2/c19-12-8-23(20,21)9-13(12)22-15-16-14(10-6-7-10)18(17-15)11-4-2-1-3-5-11/h1-5,10,12-13,19H,6-9H2/t12-,13-/m1/s1. The van der Waals surface area contributed by atoms with E-state index in [4.69, 9.17) is 0 Å². The molecular weight excluding hydrogens is 334 g/mol. The summed E-state index contributed by atoms with van der Waals surface area (Å²) < 4.78 is 25.1. The van der Waals surface area contributed by atoms with Gasteiger partial charge in [0.05, 0.1) is 28.5 Å². The molecule has 1 aromatic heterocycles. The normalized spacial score (nSPS) is 26.5. The van der Waals surface area contributed by atoms with Gasteiger partial charge in [0, 0.05) is 5.92 Å². The van der Waals surface area contributed by atoms with Gasteiger partial charge in [0.15, 0.2) is 9.84 Å². The van der Waals surface area contributed by atoms with Gasteiger partial charge in [-0.05, 0) is 25.0 Å². The third-order valence-electron chi connectivity index (χ3n) is 4.08. The molecule has 1 saturated carbocycles.